The second-order valence-electron chi connectivity index (χ2n) is 7.02. The summed E-state index contributed by atoms with van der Waals surface area (Å²) in [5.74, 6) is 1.52. The molecule has 1 N–H and O–H groups in total. The number of hydrogen-bond acceptors (Lipinski definition) is 6. The number of nitrogens with one attached hydrogen (secondary N) is 1. The highest BCUT2D eigenvalue weighted by Crippen LogP contribution is 2.40. The number of fused-ring (bicyclic) bond motifs is 1. The van der Waals surface area contributed by atoms with E-state index >= 15 is 0 Å². The van der Waals surface area contributed by atoms with E-state index in [1.165, 1.54) is 11.8 Å². The van der Waals surface area contributed by atoms with E-state index in [-0.39, 0.29) is 11.8 Å². The van der Waals surface area contributed by atoms with Crippen LogP contribution in [-0.2, 0) is 10.5 Å². The van der Waals surface area contributed by atoms with Gasteiger partial charge in [-0.05, 0) is 42.7 Å². The van der Waals surface area contributed by atoms with Crippen molar-refractivity contribution in [2.45, 2.75) is 36.2 Å². The largest absolute Gasteiger partial charge is 0.328 e. The van der Waals surface area contributed by atoms with Gasteiger partial charge in [-0.1, -0.05) is 41.6 Å². The molecule has 0 fully saturated rings. The SMILES string of the molecule is O=C1CCCC2=C1C(c1ccc(Cl)cc1)n1nc(SCc3ccccn3)nc1N2. The first kappa shape index (κ1) is 18.4. The summed E-state index contributed by atoms with van der Waals surface area (Å²) in [7, 11) is 0. The fourth-order valence-electron chi connectivity index (χ4n) is 3.77. The number of aromatic nitrogens is 4. The van der Waals surface area contributed by atoms with Crippen LogP contribution in [0.4, 0.5) is 5.95 Å². The second kappa shape index (κ2) is 7.65. The van der Waals surface area contributed by atoms with Gasteiger partial charge in [-0.3, -0.25) is 9.78 Å². The molecular weight excluding hydrogens is 406 g/mol. The predicted octanol–water partition coefficient (Wildman–Crippen LogP) is 4.64. The fourth-order valence-corrected chi connectivity index (χ4v) is 4.64. The number of benzene rings is 1. The van der Waals surface area contributed by atoms with Gasteiger partial charge in [-0.25, -0.2) is 4.68 Å². The number of carbonyl (C=O) groups is 1. The third kappa shape index (κ3) is 3.56. The minimum Gasteiger partial charge on any atom is -0.328 e. The Hall–Kier alpha value is -2.64. The molecule has 5 rings (SSSR count). The maximum Gasteiger partial charge on any atom is 0.227 e. The summed E-state index contributed by atoms with van der Waals surface area (Å²) in [6.07, 6.45) is 4.04. The smallest absolute Gasteiger partial charge is 0.227 e. The summed E-state index contributed by atoms with van der Waals surface area (Å²) in [5.41, 5.74) is 3.70. The van der Waals surface area contributed by atoms with Gasteiger partial charge < -0.3 is 5.32 Å². The molecule has 6 nitrogen and oxygen atoms in total. The summed E-state index contributed by atoms with van der Waals surface area (Å²) < 4.78 is 1.83. The van der Waals surface area contributed by atoms with Crippen LogP contribution in [0, 0.1) is 0 Å². The van der Waals surface area contributed by atoms with Gasteiger partial charge in [0.1, 0.15) is 6.04 Å². The molecule has 3 heterocycles. The van der Waals surface area contributed by atoms with Crippen molar-refractivity contribution >= 4 is 35.1 Å². The molecule has 1 aromatic carbocycles. The Bertz CT molecular complexity index is 1090. The molecule has 2 aromatic heterocycles. The Morgan fingerprint density at radius 1 is 1.17 bits per heavy atom. The number of nitrogens with zero attached hydrogens (tertiary/aromatic N) is 4. The number of thioether (sulfide) groups is 1. The fraction of sp³-hybridized carbons (Fsp3) is 0.238. The number of halogens is 1. The molecule has 29 heavy (non-hydrogen) atoms. The van der Waals surface area contributed by atoms with Crippen molar-refractivity contribution in [2.75, 3.05) is 5.32 Å². The van der Waals surface area contributed by atoms with Crippen LogP contribution in [0.1, 0.15) is 36.6 Å². The lowest BCUT2D eigenvalue weighted by Gasteiger charge is -2.32. The van der Waals surface area contributed by atoms with Gasteiger partial charge in [0.2, 0.25) is 11.1 Å². The highest BCUT2D eigenvalue weighted by Gasteiger charge is 2.36. The molecule has 1 aliphatic carbocycles. The van der Waals surface area contributed by atoms with Crippen molar-refractivity contribution in [1.82, 2.24) is 19.7 Å². The average molecular weight is 424 g/mol. The van der Waals surface area contributed by atoms with Crippen LogP contribution < -0.4 is 5.32 Å². The molecule has 1 aliphatic heterocycles. The van der Waals surface area contributed by atoms with Crippen LogP contribution in [0.2, 0.25) is 5.02 Å². The van der Waals surface area contributed by atoms with Crippen LogP contribution in [0.3, 0.4) is 0 Å². The standard InChI is InChI=1S/C21H18ClN5OS/c22-14-9-7-13(8-10-14)19-18-16(5-3-6-17(18)28)24-20-25-21(26-27(19)20)29-12-15-4-1-2-11-23-15/h1-2,4,7-11,19H,3,5-6,12H2,(H,24,25,26). The molecule has 0 bridgehead atoms. The minimum atomic E-state index is -0.289. The van der Waals surface area contributed by atoms with Crippen LogP contribution in [-0.4, -0.2) is 25.5 Å². The lowest BCUT2D eigenvalue weighted by molar-refractivity contribution is -0.116. The Labute approximate surface area is 177 Å². The summed E-state index contributed by atoms with van der Waals surface area (Å²) in [6.45, 7) is 0. The van der Waals surface area contributed by atoms with E-state index in [0.717, 1.165) is 35.4 Å². The van der Waals surface area contributed by atoms with E-state index in [1.54, 1.807) is 6.20 Å². The van der Waals surface area contributed by atoms with Crippen molar-refractivity contribution < 1.29 is 4.79 Å². The summed E-state index contributed by atoms with van der Waals surface area (Å²) in [4.78, 5) is 21.8. The number of rotatable bonds is 4. The lowest BCUT2D eigenvalue weighted by atomic mass is 9.85. The number of anilines is 1. The Balaban J connectivity index is 1.52. The topological polar surface area (TPSA) is 72.7 Å². The van der Waals surface area contributed by atoms with E-state index in [0.29, 0.717) is 28.3 Å². The van der Waals surface area contributed by atoms with Crippen molar-refractivity contribution in [3.63, 3.8) is 0 Å². The number of Topliss-reactive ketones (excluding diaryl/α,β-unsaturated/α-hetero) is 1. The van der Waals surface area contributed by atoms with E-state index in [9.17, 15) is 4.79 Å². The third-order valence-electron chi connectivity index (χ3n) is 5.11. The molecule has 0 radical (unpaired) electrons. The number of pyridine rings is 1. The van der Waals surface area contributed by atoms with Gasteiger partial charge in [0, 0.05) is 34.7 Å². The molecule has 0 saturated heterocycles. The van der Waals surface area contributed by atoms with Gasteiger partial charge in [0.05, 0.1) is 5.69 Å². The van der Waals surface area contributed by atoms with Crippen LogP contribution in [0.25, 0.3) is 0 Å². The molecule has 1 unspecified atom stereocenters. The molecule has 146 valence electrons. The van der Waals surface area contributed by atoms with Crippen LogP contribution >= 0.6 is 23.4 Å². The maximum absolute atomic E-state index is 12.8. The van der Waals surface area contributed by atoms with Crippen molar-refractivity contribution in [3.8, 4) is 0 Å². The number of allylic oxidation sites excluding steroid dienone is 2. The van der Waals surface area contributed by atoms with Gasteiger partial charge >= 0.3 is 0 Å². The Morgan fingerprint density at radius 3 is 2.83 bits per heavy atom. The number of carbonyl (C=O) groups excluding carboxylic acids is 1. The second-order valence-corrected chi connectivity index (χ2v) is 8.40. The zero-order chi connectivity index (χ0) is 19.8. The number of ketones is 1. The number of hydrogen-bond donors (Lipinski definition) is 1. The van der Waals surface area contributed by atoms with Gasteiger partial charge in [-0.15, -0.1) is 5.10 Å². The molecule has 8 heteroatoms. The maximum atomic E-state index is 12.8. The zero-order valence-electron chi connectivity index (χ0n) is 15.5. The van der Waals surface area contributed by atoms with Crippen molar-refractivity contribution in [3.05, 3.63) is 76.2 Å². The Kier molecular flexibility index (Phi) is 4.85. The van der Waals surface area contributed by atoms with Gasteiger partial charge in [0.15, 0.2) is 5.78 Å². The summed E-state index contributed by atoms with van der Waals surface area (Å²) in [5, 5.41) is 9.40. The third-order valence-corrected chi connectivity index (χ3v) is 6.23. The Morgan fingerprint density at radius 2 is 2.03 bits per heavy atom. The van der Waals surface area contributed by atoms with E-state index in [2.05, 4.69) is 15.3 Å². The molecular formula is C21H18ClN5OS. The van der Waals surface area contributed by atoms with Crippen LogP contribution in [0.5, 0.6) is 0 Å². The van der Waals surface area contributed by atoms with Crippen molar-refractivity contribution in [2.24, 2.45) is 0 Å². The quantitative estimate of drug-likeness (QED) is 0.616. The van der Waals surface area contributed by atoms with E-state index in [4.69, 9.17) is 16.7 Å². The van der Waals surface area contributed by atoms with Gasteiger partial charge in [0.25, 0.3) is 0 Å². The summed E-state index contributed by atoms with van der Waals surface area (Å²) >= 11 is 7.62. The summed E-state index contributed by atoms with van der Waals surface area (Å²) in [6, 6.07) is 13.2. The first-order valence-corrected chi connectivity index (χ1v) is 10.8. The molecule has 0 spiro atoms. The normalized spacial score (nSPS) is 18.2. The average Bonchev–Trinajstić information content (AvgIpc) is 3.15. The first-order valence-electron chi connectivity index (χ1n) is 9.47. The predicted molar refractivity (Wildman–Crippen MR) is 113 cm³/mol. The lowest BCUT2D eigenvalue weighted by Crippen LogP contribution is -2.31. The highest BCUT2D eigenvalue weighted by atomic mass is 35.5. The van der Waals surface area contributed by atoms with E-state index in [1.807, 2.05) is 47.1 Å². The van der Waals surface area contributed by atoms with Gasteiger partial charge in [-0.2, -0.15) is 4.98 Å². The molecule has 1 atom stereocenters. The molecule has 0 amide bonds. The van der Waals surface area contributed by atoms with E-state index < -0.39 is 0 Å². The monoisotopic (exact) mass is 423 g/mol. The van der Waals surface area contributed by atoms with Crippen molar-refractivity contribution in [1.29, 1.82) is 0 Å². The first-order chi connectivity index (χ1) is 14.2. The highest BCUT2D eigenvalue weighted by molar-refractivity contribution is 7.98. The zero-order valence-corrected chi connectivity index (χ0v) is 17.1. The molecule has 3 aromatic rings. The van der Waals surface area contributed by atoms with Crippen LogP contribution in [0.15, 0.2) is 65.1 Å². The molecule has 2 aliphatic rings. The minimum absolute atomic E-state index is 0.169. The molecule has 0 saturated carbocycles.